The van der Waals surface area contributed by atoms with Gasteiger partial charge in [-0.15, -0.1) is 0 Å². The van der Waals surface area contributed by atoms with Crippen molar-refractivity contribution < 1.29 is 9.47 Å². The van der Waals surface area contributed by atoms with Gasteiger partial charge in [-0.2, -0.15) is 0 Å². The summed E-state index contributed by atoms with van der Waals surface area (Å²) in [6, 6.07) is 11.2. The van der Waals surface area contributed by atoms with Crippen LogP contribution in [0.4, 0.5) is 5.69 Å². The van der Waals surface area contributed by atoms with Crippen LogP contribution >= 0.6 is 0 Å². The Bertz CT molecular complexity index is 637. The number of para-hydroxylation sites is 1. The van der Waals surface area contributed by atoms with Crippen molar-refractivity contribution in [1.82, 2.24) is 4.57 Å². The van der Waals surface area contributed by atoms with Crippen molar-refractivity contribution in [2.24, 2.45) is 0 Å². The fourth-order valence-electron chi connectivity index (χ4n) is 2.05. The number of methoxy groups -OCH3 is 2. The second-order valence-electron chi connectivity index (χ2n) is 4.61. The lowest BCUT2D eigenvalue weighted by Gasteiger charge is -2.12. The molecule has 0 aliphatic rings. The third-order valence-corrected chi connectivity index (χ3v) is 3.20. The smallest absolute Gasteiger partial charge is 0.250 e. The summed E-state index contributed by atoms with van der Waals surface area (Å²) in [7, 11) is 3.28. The molecule has 0 atom stereocenters. The van der Waals surface area contributed by atoms with Gasteiger partial charge < -0.3 is 19.4 Å². The molecule has 5 heteroatoms. The lowest BCUT2D eigenvalue weighted by Crippen LogP contribution is -2.21. The number of hydrogen-bond acceptors (Lipinski definition) is 4. The van der Waals surface area contributed by atoms with E-state index in [0.29, 0.717) is 19.7 Å². The standard InChI is InChI=1S/C16H20N2O3/c1-20-10-9-18-12-14(7-8-16(18)19)17-11-13-5-3-4-6-15(13)21-2/h3-8,12,17H,9-11H2,1-2H3. The van der Waals surface area contributed by atoms with Crippen LogP contribution in [0.5, 0.6) is 5.75 Å². The molecule has 1 N–H and O–H groups in total. The van der Waals surface area contributed by atoms with E-state index in [9.17, 15) is 4.79 Å². The lowest BCUT2D eigenvalue weighted by molar-refractivity contribution is 0.186. The van der Waals surface area contributed by atoms with Gasteiger partial charge in [0.1, 0.15) is 5.75 Å². The van der Waals surface area contributed by atoms with Crippen LogP contribution in [0, 0.1) is 0 Å². The van der Waals surface area contributed by atoms with Gasteiger partial charge in [-0.05, 0) is 12.1 Å². The fraction of sp³-hybridized carbons (Fsp3) is 0.312. The van der Waals surface area contributed by atoms with Gasteiger partial charge in [0.25, 0.3) is 5.56 Å². The first kappa shape index (κ1) is 15.1. The average Bonchev–Trinajstić information content (AvgIpc) is 2.53. The summed E-state index contributed by atoms with van der Waals surface area (Å²) in [4.78, 5) is 11.7. The molecule has 0 saturated heterocycles. The monoisotopic (exact) mass is 288 g/mol. The van der Waals surface area contributed by atoms with Gasteiger partial charge >= 0.3 is 0 Å². The van der Waals surface area contributed by atoms with E-state index in [1.165, 1.54) is 0 Å². The Labute approximate surface area is 124 Å². The van der Waals surface area contributed by atoms with E-state index in [1.807, 2.05) is 24.3 Å². The Balaban J connectivity index is 2.07. The highest BCUT2D eigenvalue weighted by Gasteiger charge is 2.02. The van der Waals surface area contributed by atoms with Gasteiger partial charge in [0, 0.05) is 38.0 Å². The van der Waals surface area contributed by atoms with Crippen LogP contribution in [0.2, 0.25) is 0 Å². The minimum Gasteiger partial charge on any atom is -0.496 e. The van der Waals surface area contributed by atoms with Crippen LogP contribution in [-0.4, -0.2) is 25.4 Å². The molecule has 1 aromatic carbocycles. The fourth-order valence-corrected chi connectivity index (χ4v) is 2.05. The molecule has 1 heterocycles. The summed E-state index contributed by atoms with van der Waals surface area (Å²) in [5, 5.41) is 3.30. The first-order valence-corrected chi connectivity index (χ1v) is 6.80. The van der Waals surface area contributed by atoms with E-state index < -0.39 is 0 Å². The van der Waals surface area contributed by atoms with E-state index in [4.69, 9.17) is 9.47 Å². The Morgan fingerprint density at radius 3 is 2.71 bits per heavy atom. The highest BCUT2D eigenvalue weighted by atomic mass is 16.5. The highest BCUT2D eigenvalue weighted by molar-refractivity contribution is 5.43. The zero-order valence-corrected chi connectivity index (χ0v) is 12.3. The third kappa shape index (κ3) is 4.10. The molecule has 0 spiro atoms. The second-order valence-corrected chi connectivity index (χ2v) is 4.61. The minimum absolute atomic E-state index is 0.0325. The molecule has 0 radical (unpaired) electrons. The molecule has 0 amide bonds. The summed E-state index contributed by atoms with van der Waals surface area (Å²) in [6.07, 6.45) is 1.80. The number of hydrogen-bond donors (Lipinski definition) is 1. The maximum absolute atomic E-state index is 11.7. The Morgan fingerprint density at radius 2 is 1.95 bits per heavy atom. The van der Waals surface area contributed by atoms with Crippen LogP contribution < -0.4 is 15.6 Å². The highest BCUT2D eigenvalue weighted by Crippen LogP contribution is 2.18. The predicted molar refractivity (Wildman–Crippen MR) is 82.9 cm³/mol. The van der Waals surface area contributed by atoms with Crippen molar-refractivity contribution in [3.8, 4) is 5.75 Å². The number of pyridine rings is 1. The molecule has 0 aliphatic carbocycles. The molecule has 2 aromatic rings. The number of nitrogens with one attached hydrogen (secondary N) is 1. The van der Waals surface area contributed by atoms with Crippen molar-refractivity contribution >= 4 is 5.69 Å². The molecule has 5 nitrogen and oxygen atoms in total. The van der Waals surface area contributed by atoms with E-state index in [0.717, 1.165) is 17.0 Å². The number of aromatic nitrogens is 1. The van der Waals surface area contributed by atoms with Crippen LogP contribution in [0.25, 0.3) is 0 Å². The molecule has 0 bridgehead atoms. The number of nitrogens with zero attached hydrogens (tertiary/aromatic N) is 1. The molecular formula is C16H20N2O3. The van der Waals surface area contributed by atoms with Crippen LogP contribution in [0.3, 0.4) is 0 Å². The van der Waals surface area contributed by atoms with Gasteiger partial charge in [0.15, 0.2) is 0 Å². The van der Waals surface area contributed by atoms with Gasteiger partial charge in [-0.3, -0.25) is 4.79 Å². The Kier molecular flexibility index (Phi) is 5.40. The zero-order chi connectivity index (χ0) is 15.1. The number of anilines is 1. The van der Waals surface area contributed by atoms with E-state index >= 15 is 0 Å². The van der Waals surface area contributed by atoms with Crippen molar-refractivity contribution in [3.63, 3.8) is 0 Å². The summed E-state index contributed by atoms with van der Waals surface area (Å²) >= 11 is 0. The molecule has 0 saturated carbocycles. The number of benzene rings is 1. The normalized spacial score (nSPS) is 10.4. The van der Waals surface area contributed by atoms with Crippen molar-refractivity contribution in [1.29, 1.82) is 0 Å². The number of rotatable bonds is 7. The molecule has 0 aliphatic heterocycles. The molecular weight excluding hydrogens is 268 g/mol. The van der Waals surface area contributed by atoms with Crippen LogP contribution in [0.1, 0.15) is 5.56 Å². The molecule has 0 fully saturated rings. The molecule has 21 heavy (non-hydrogen) atoms. The minimum atomic E-state index is -0.0325. The average molecular weight is 288 g/mol. The van der Waals surface area contributed by atoms with E-state index in [1.54, 1.807) is 37.1 Å². The van der Waals surface area contributed by atoms with Crippen molar-refractivity contribution in [2.75, 3.05) is 26.1 Å². The van der Waals surface area contributed by atoms with Gasteiger partial charge in [-0.1, -0.05) is 18.2 Å². The van der Waals surface area contributed by atoms with Gasteiger partial charge in [0.05, 0.1) is 19.4 Å². The van der Waals surface area contributed by atoms with Gasteiger partial charge in [0.2, 0.25) is 0 Å². The topological polar surface area (TPSA) is 52.5 Å². The molecule has 2 rings (SSSR count). The first-order chi connectivity index (χ1) is 10.2. The van der Waals surface area contributed by atoms with E-state index in [2.05, 4.69) is 5.32 Å². The molecule has 0 unspecified atom stereocenters. The third-order valence-electron chi connectivity index (χ3n) is 3.20. The summed E-state index contributed by atoms with van der Waals surface area (Å²) in [5.74, 6) is 0.845. The lowest BCUT2D eigenvalue weighted by atomic mass is 10.2. The summed E-state index contributed by atoms with van der Waals surface area (Å²) < 4.78 is 12.0. The molecule has 112 valence electrons. The van der Waals surface area contributed by atoms with E-state index in [-0.39, 0.29) is 5.56 Å². The maximum atomic E-state index is 11.7. The van der Waals surface area contributed by atoms with Gasteiger partial charge in [-0.25, -0.2) is 0 Å². The summed E-state index contributed by atoms with van der Waals surface area (Å²) in [5.41, 5.74) is 1.92. The Hall–Kier alpha value is -2.27. The van der Waals surface area contributed by atoms with Crippen molar-refractivity contribution in [3.05, 3.63) is 58.5 Å². The predicted octanol–water partition coefficient (Wildman–Crippen LogP) is 2.12. The quantitative estimate of drug-likeness (QED) is 0.848. The summed E-state index contributed by atoms with van der Waals surface area (Å²) in [6.45, 7) is 1.68. The maximum Gasteiger partial charge on any atom is 0.250 e. The number of ether oxygens (including phenoxy) is 2. The van der Waals surface area contributed by atoms with Crippen LogP contribution in [-0.2, 0) is 17.8 Å². The Morgan fingerprint density at radius 1 is 1.14 bits per heavy atom. The SMILES string of the molecule is COCCn1cc(NCc2ccccc2OC)ccc1=O. The second kappa shape index (κ2) is 7.50. The zero-order valence-electron chi connectivity index (χ0n) is 12.3. The molecule has 1 aromatic heterocycles. The largest absolute Gasteiger partial charge is 0.496 e. The van der Waals surface area contributed by atoms with Crippen molar-refractivity contribution in [2.45, 2.75) is 13.1 Å². The van der Waals surface area contributed by atoms with Crippen LogP contribution in [0.15, 0.2) is 47.4 Å². The first-order valence-electron chi connectivity index (χ1n) is 6.80.